The minimum atomic E-state index is -1.37. The third-order valence-electron chi connectivity index (χ3n) is 7.26. The van der Waals surface area contributed by atoms with E-state index in [2.05, 4.69) is 5.32 Å². The molecule has 1 N–H and O–H groups in total. The molecule has 0 radical (unpaired) electrons. The first-order chi connectivity index (χ1) is 20.5. The maximum atomic E-state index is 14.2. The van der Waals surface area contributed by atoms with Gasteiger partial charge in [0.1, 0.15) is 0 Å². The van der Waals surface area contributed by atoms with Crippen LogP contribution in [0.1, 0.15) is 27.6 Å². The van der Waals surface area contributed by atoms with Crippen molar-refractivity contribution in [3.63, 3.8) is 0 Å². The lowest BCUT2D eigenvalue weighted by Gasteiger charge is -2.22. The zero-order valence-electron chi connectivity index (χ0n) is 22.9. The molecule has 0 bridgehead atoms. The Balaban J connectivity index is 1.44. The van der Waals surface area contributed by atoms with Crippen LogP contribution < -0.4 is 5.32 Å². The van der Waals surface area contributed by atoms with Crippen molar-refractivity contribution in [2.24, 2.45) is 0 Å². The molecule has 0 spiro atoms. The number of hydrogen-bond donors (Lipinski definition) is 1. The van der Waals surface area contributed by atoms with Gasteiger partial charge < -0.3 is 19.7 Å². The summed E-state index contributed by atoms with van der Waals surface area (Å²) in [4.78, 5) is 43.0. The molecule has 5 aromatic rings. The Morgan fingerprint density at radius 2 is 1.31 bits per heavy atom. The predicted octanol–water partition coefficient (Wildman–Crippen LogP) is 5.86. The summed E-state index contributed by atoms with van der Waals surface area (Å²) < 4.78 is 11.1. The average molecular weight is 557 g/mol. The molecule has 7 nitrogen and oxygen atoms in total. The number of ether oxygens (including phenoxy) is 2. The summed E-state index contributed by atoms with van der Waals surface area (Å²) in [5.74, 6) is -2.03. The number of carbonyl (C=O) groups is 3. The van der Waals surface area contributed by atoms with Crippen LogP contribution in [0.4, 0.5) is 0 Å². The summed E-state index contributed by atoms with van der Waals surface area (Å²) in [6.07, 6.45) is -1.37. The van der Waals surface area contributed by atoms with Gasteiger partial charge in [0, 0.05) is 24.2 Å². The molecule has 42 heavy (non-hydrogen) atoms. The first kappa shape index (κ1) is 26.8. The molecular weight excluding hydrogens is 528 g/mol. The van der Waals surface area contributed by atoms with Gasteiger partial charge >= 0.3 is 11.9 Å². The fraction of sp³-hybridized carbons (Fsp3) is 0.114. The maximum absolute atomic E-state index is 14.2. The van der Waals surface area contributed by atoms with Crippen LogP contribution in [0.15, 0.2) is 121 Å². The van der Waals surface area contributed by atoms with Gasteiger partial charge in [-0.05, 0) is 27.6 Å². The second-order valence-electron chi connectivity index (χ2n) is 9.94. The van der Waals surface area contributed by atoms with Gasteiger partial charge in [-0.1, -0.05) is 109 Å². The minimum Gasteiger partial charge on any atom is -0.464 e. The predicted molar refractivity (Wildman–Crippen MR) is 161 cm³/mol. The number of fused-ring (bicyclic) bond motifs is 2. The Morgan fingerprint density at radius 3 is 2.00 bits per heavy atom. The smallest absolute Gasteiger partial charge is 0.356 e. The van der Waals surface area contributed by atoms with Crippen LogP contribution in [-0.2, 0) is 19.1 Å². The van der Waals surface area contributed by atoms with Crippen LogP contribution in [-0.4, -0.2) is 42.9 Å². The van der Waals surface area contributed by atoms with Gasteiger partial charge in [0.2, 0.25) is 6.10 Å². The fourth-order valence-corrected chi connectivity index (χ4v) is 5.16. The van der Waals surface area contributed by atoms with E-state index in [4.69, 9.17) is 9.47 Å². The normalized spacial score (nSPS) is 13.7. The van der Waals surface area contributed by atoms with Crippen molar-refractivity contribution in [3.8, 4) is 0 Å². The number of nitrogens with zero attached hydrogens (tertiary/aromatic N) is 1. The van der Waals surface area contributed by atoms with Gasteiger partial charge in [-0.2, -0.15) is 0 Å². The number of nitrogens with one attached hydrogen (secondary N) is 1. The van der Waals surface area contributed by atoms with E-state index in [0.717, 1.165) is 34.8 Å². The van der Waals surface area contributed by atoms with Crippen molar-refractivity contribution < 1.29 is 23.9 Å². The van der Waals surface area contributed by atoms with Crippen LogP contribution in [0.3, 0.4) is 0 Å². The van der Waals surface area contributed by atoms with E-state index in [1.165, 1.54) is 7.11 Å². The van der Waals surface area contributed by atoms with Crippen molar-refractivity contribution in [1.29, 1.82) is 0 Å². The number of hydrogen-bond acceptors (Lipinski definition) is 6. The van der Waals surface area contributed by atoms with Gasteiger partial charge in [-0.25, -0.2) is 9.59 Å². The summed E-state index contributed by atoms with van der Waals surface area (Å²) in [6.45, 7) is 1.45. The highest BCUT2D eigenvalue weighted by Gasteiger charge is 2.34. The molecule has 1 saturated heterocycles. The first-order valence-corrected chi connectivity index (χ1v) is 13.7. The fourth-order valence-electron chi connectivity index (χ4n) is 5.16. The monoisotopic (exact) mass is 556 g/mol. The van der Waals surface area contributed by atoms with E-state index in [1.807, 2.05) is 102 Å². The summed E-state index contributed by atoms with van der Waals surface area (Å²) in [5.41, 5.74) is 2.12. The Bertz CT molecular complexity index is 1830. The molecule has 1 aliphatic heterocycles. The topological polar surface area (TPSA) is 84.7 Å². The van der Waals surface area contributed by atoms with Crippen molar-refractivity contribution in [3.05, 3.63) is 138 Å². The van der Waals surface area contributed by atoms with Gasteiger partial charge in [0.05, 0.1) is 18.4 Å². The highest BCUT2D eigenvalue weighted by Crippen LogP contribution is 2.32. The SMILES string of the molecule is COC(=O)/C(NC(=O)C(OC(=O)c1cccc2ccccc12)c1cccc2ccccc12)=C(/c1ccccc1)N1CC1. The van der Waals surface area contributed by atoms with Crippen LogP contribution in [0.5, 0.6) is 0 Å². The standard InChI is InChI=1S/C35H28N2O5/c1-41-35(40)30(31(37-21-22-37)25-13-3-2-4-14-25)36-33(38)32(28-19-9-15-23-11-5-7-17-26(23)28)42-34(39)29-20-10-16-24-12-6-8-18-27(24)29/h2-20,32H,21-22H2,1H3,(H,36,38)/b31-30+. The highest BCUT2D eigenvalue weighted by atomic mass is 16.5. The van der Waals surface area contributed by atoms with Crippen LogP contribution in [0, 0.1) is 0 Å². The van der Waals surface area contributed by atoms with Crippen molar-refractivity contribution in [2.45, 2.75) is 6.10 Å². The summed E-state index contributed by atoms with van der Waals surface area (Å²) in [6, 6.07) is 35.2. The van der Waals surface area contributed by atoms with E-state index < -0.39 is 23.9 Å². The lowest BCUT2D eigenvalue weighted by Crippen LogP contribution is -2.36. The summed E-state index contributed by atoms with van der Waals surface area (Å²) in [7, 11) is 1.27. The van der Waals surface area contributed by atoms with Crippen molar-refractivity contribution in [2.75, 3.05) is 20.2 Å². The Kier molecular flexibility index (Phi) is 7.39. The van der Waals surface area contributed by atoms with E-state index in [9.17, 15) is 14.4 Å². The van der Waals surface area contributed by atoms with Gasteiger partial charge in [0.25, 0.3) is 5.91 Å². The third kappa shape index (κ3) is 5.32. The molecule has 1 heterocycles. The third-order valence-corrected chi connectivity index (χ3v) is 7.26. The van der Waals surface area contributed by atoms with Crippen molar-refractivity contribution in [1.82, 2.24) is 10.2 Å². The van der Waals surface area contributed by atoms with Crippen LogP contribution >= 0.6 is 0 Å². The molecule has 5 aromatic carbocycles. The largest absolute Gasteiger partial charge is 0.464 e. The number of carbonyl (C=O) groups excluding carboxylic acids is 3. The van der Waals surface area contributed by atoms with E-state index >= 15 is 0 Å². The molecule has 1 unspecified atom stereocenters. The molecule has 0 aliphatic carbocycles. The second-order valence-corrected chi connectivity index (χ2v) is 9.94. The summed E-state index contributed by atoms with van der Waals surface area (Å²) in [5, 5.41) is 6.01. The lowest BCUT2D eigenvalue weighted by molar-refractivity contribution is -0.139. The Hall–Kier alpha value is -5.43. The van der Waals surface area contributed by atoms with Gasteiger partial charge in [0.15, 0.2) is 5.70 Å². The molecule has 1 amide bonds. The Labute approximate surface area is 243 Å². The second kappa shape index (κ2) is 11.6. The van der Waals surface area contributed by atoms with Crippen LogP contribution in [0.25, 0.3) is 27.2 Å². The molecule has 0 aromatic heterocycles. The van der Waals surface area contributed by atoms with Gasteiger partial charge in [-0.3, -0.25) is 4.79 Å². The molecule has 1 atom stereocenters. The zero-order chi connectivity index (χ0) is 29.1. The molecule has 208 valence electrons. The molecule has 6 rings (SSSR count). The minimum absolute atomic E-state index is 0.0161. The number of esters is 2. The molecule has 1 fully saturated rings. The van der Waals surface area contributed by atoms with Gasteiger partial charge in [-0.15, -0.1) is 0 Å². The van der Waals surface area contributed by atoms with E-state index in [-0.39, 0.29) is 5.70 Å². The quantitative estimate of drug-likeness (QED) is 0.146. The summed E-state index contributed by atoms with van der Waals surface area (Å²) >= 11 is 0. The number of amides is 1. The van der Waals surface area contributed by atoms with E-state index in [1.54, 1.807) is 18.2 Å². The maximum Gasteiger partial charge on any atom is 0.356 e. The molecule has 7 heteroatoms. The lowest BCUT2D eigenvalue weighted by atomic mass is 9.99. The highest BCUT2D eigenvalue weighted by molar-refractivity contribution is 6.07. The number of rotatable bonds is 8. The first-order valence-electron chi connectivity index (χ1n) is 13.7. The zero-order valence-corrected chi connectivity index (χ0v) is 22.9. The average Bonchev–Trinajstić information content (AvgIpc) is 3.88. The molecule has 0 saturated carbocycles. The van der Waals surface area contributed by atoms with Crippen molar-refractivity contribution >= 4 is 45.1 Å². The molecule has 1 aliphatic rings. The Morgan fingerprint density at radius 1 is 0.714 bits per heavy atom. The van der Waals surface area contributed by atoms with Crippen LogP contribution in [0.2, 0.25) is 0 Å². The number of methoxy groups -OCH3 is 1. The number of benzene rings is 5. The molecular formula is C35H28N2O5. The van der Waals surface area contributed by atoms with E-state index in [0.29, 0.717) is 22.2 Å².